The molecule has 1 aromatic carbocycles. The fourth-order valence-electron chi connectivity index (χ4n) is 3.75. The van der Waals surface area contributed by atoms with E-state index in [1.165, 1.54) is 16.7 Å². The number of carbonyl (C=O) groups excluding carboxylic acids is 1. The number of fused-ring (bicyclic) bond motifs is 1. The van der Waals surface area contributed by atoms with E-state index in [9.17, 15) is 4.79 Å². The number of aryl methyl sites for hydroxylation is 2. The van der Waals surface area contributed by atoms with Crippen LogP contribution < -0.4 is 5.32 Å². The van der Waals surface area contributed by atoms with Crippen LogP contribution in [-0.2, 0) is 11.2 Å². The zero-order chi connectivity index (χ0) is 14.3. The number of nitrogens with zero attached hydrogens (tertiary/aromatic N) is 1. The van der Waals surface area contributed by atoms with Crippen molar-refractivity contribution in [3.8, 4) is 0 Å². The average molecular weight is 272 g/mol. The van der Waals surface area contributed by atoms with Gasteiger partial charge in [-0.1, -0.05) is 23.8 Å². The van der Waals surface area contributed by atoms with Crippen LogP contribution in [0.1, 0.15) is 23.6 Å². The van der Waals surface area contributed by atoms with Crippen molar-refractivity contribution >= 4 is 5.91 Å². The van der Waals surface area contributed by atoms with E-state index in [1.807, 2.05) is 0 Å². The molecule has 3 unspecified atom stereocenters. The molecule has 2 aliphatic heterocycles. The summed E-state index contributed by atoms with van der Waals surface area (Å²) < 4.78 is 0. The van der Waals surface area contributed by atoms with Crippen molar-refractivity contribution in [2.24, 2.45) is 11.8 Å². The Morgan fingerprint density at radius 2 is 2.15 bits per heavy atom. The second kappa shape index (κ2) is 5.21. The van der Waals surface area contributed by atoms with Gasteiger partial charge in [0.15, 0.2) is 0 Å². The van der Waals surface area contributed by atoms with Crippen LogP contribution in [0.15, 0.2) is 18.2 Å². The van der Waals surface area contributed by atoms with Gasteiger partial charge >= 0.3 is 0 Å². The highest BCUT2D eigenvalue weighted by Gasteiger charge is 2.43. The first-order valence-electron chi connectivity index (χ1n) is 7.62. The first kappa shape index (κ1) is 13.6. The minimum atomic E-state index is 0.292. The number of hydrogen-bond acceptors (Lipinski definition) is 2. The highest BCUT2D eigenvalue weighted by atomic mass is 16.2. The van der Waals surface area contributed by atoms with Crippen LogP contribution in [0.3, 0.4) is 0 Å². The van der Waals surface area contributed by atoms with Crippen molar-refractivity contribution in [1.29, 1.82) is 0 Å². The maximum atomic E-state index is 12.6. The summed E-state index contributed by atoms with van der Waals surface area (Å²) in [7, 11) is 0. The predicted molar refractivity (Wildman–Crippen MR) is 80.6 cm³/mol. The van der Waals surface area contributed by atoms with Gasteiger partial charge in [-0.2, -0.15) is 0 Å². The number of hydrogen-bond donors (Lipinski definition) is 1. The van der Waals surface area contributed by atoms with Crippen molar-refractivity contribution in [2.75, 3.05) is 19.6 Å². The lowest BCUT2D eigenvalue weighted by atomic mass is 9.95. The largest absolute Gasteiger partial charge is 0.339 e. The number of likely N-dealkylation sites (tertiary alicyclic amines) is 1. The standard InChI is InChI=1S/C17H24N2O/c1-11-4-5-12(2)14(6-11)7-17(20)19-10-15-8-18-9-16(15)13(19)3/h4-6,13,15-16,18H,7-10H2,1-3H3. The molecule has 0 saturated carbocycles. The Bertz CT molecular complexity index is 526. The average Bonchev–Trinajstić information content (AvgIpc) is 2.97. The Hall–Kier alpha value is -1.35. The number of rotatable bonds is 2. The van der Waals surface area contributed by atoms with E-state index >= 15 is 0 Å². The normalized spacial score (nSPS) is 28.8. The van der Waals surface area contributed by atoms with Crippen LogP contribution in [0.4, 0.5) is 0 Å². The van der Waals surface area contributed by atoms with E-state index in [0.29, 0.717) is 30.2 Å². The van der Waals surface area contributed by atoms with E-state index in [4.69, 9.17) is 0 Å². The van der Waals surface area contributed by atoms with Crippen LogP contribution >= 0.6 is 0 Å². The Labute approximate surface area is 121 Å². The molecule has 3 heteroatoms. The van der Waals surface area contributed by atoms with Gasteiger partial charge < -0.3 is 10.2 Å². The van der Waals surface area contributed by atoms with Gasteiger partial charge in [0, 0.05) is 25.7 Å². The lowest BCUT2D eigenvalue weighted by Gasteiger charge is -2.25. The highest BCUT2D eigenvalue weighted by Crippen LogP contribution is 2.32. The third kappa shape index (κ3) is 2.35. The topological polar surface area (TPSA) is 32.3 Å². The molecule has 3 rings (SSSR count). The van der Waals surface area contributed by atoms with E-state index in [1.54, 1.807) is 0 Å². The summed E-state index contributed by atoms with van der Waals surface area (Å²) in [4.78, 5) is 14.7. The molecule has 1 N–H and O–H groups in total. The fraction of sp³-hybridized carbons (Fsp3) is 0.588. The molecular formula is C17H24N2O. The van der Waals surface area contributed by atoms with Crippen molar-refractivity contribution in [3.05, 3.63) is 34.9 Å². The molecule has 2 fully saturated rings. The molecule has 1 amide bonds. The molecular weight excluding hydrogens is 248 g/mol. The minimum absolute atomic E-state index is 0.292. The van der Waals surface area contributed by atoms with Gasteiger partial charge in [-0.05, 0) is 43.7 Å². The third-order valence-electron chi connectivity index (χ3n) is 5.10. The van der Waals surface area contributed by atoms with Gasteiger partial charge in [-0.3, -0.25) is 4.79 Å². The van der Waals surface area contributed by atoms with Crippen LogP contribution in [0.25, 0.3) is 0 Å². The van der Waals surface area contributed by atoms with E-state index in [2.05, 4.69) is 49.2 Å². The lowest BCUT2D eigenvalue weighted by Crippen LogP contribution is -2.39. The molecule has 0 bridgehead atoms. The number of benzene rings is 1. The molecule has 20 heavy (non-hydrogen) atoms. The molecule has 0 aromatic heterocycles. The van der Waals surface area contributed by atoms with Crippen LogP contribution in [-0.4, -0.2) is 36.5 Å². The summed E-state index contributed by atoms with van der Waals surface area (Å²) in [5, 5.41) is 3.44. The molecule has 108 valence electrons. The lowest BCUT2D eigenvalue weighted by molar-refractivity contribution is -0.131. The Kier molecular flexibility index (Phi) is 3.55. The van der Waals surface area contributed by atoms with Crippen LogP contribution in [0.5, 0.6) is 0 Å². The summed E-state index contributed by atoms with van der Waals surface area (Å²) in [6, 6.07) is 6.76. The summed E-state index contributed by atoms with van der Waals surface area (Å²) in [5.74, 6) is 1.60. The van der Waals surface area contributed by atoms with Crippen molar-refractivity contribution < 1.29 is 4.79 Å². The summed E-state index contributed by atoms with van der Waals surface area (Å²) in [6.45, 7) is 9.46. The van der Waals surface area contributed by atoms with Crippen molar-refractivity contribution in [3.63, 3.8) is 0 Å². The van der Waals surface area contributed by atoms with Crippen LogP contribution in [0, 0.1) is 25.7 Å². The number of amides is 1. The molecule has 3 nitrogen and oxygen atoms in total. The highest BCUT2D eigenvalue weighted by molar-refractivity contribution is 5.80. The molecule has 2 heterocycles. The van der Waals surface area contributed by atoms with Crippen molar-refractivity contribution in [1.82, 2.24) is 10.2 Å². The van der Waals surface area contributed by atoms with Gasteiger partial charge in [0.25, 0.3) is 0 Å². The smallest absolute Gasteiger partial charge is 0.227 e. The van der Waals surface area contributed by atoms with E-state index < -0.39 is 0 Å². The van der Waals surface area contributed by atoms with E-state index in [0.717, 1.165) is 19.6 Å². The zero-order valence-electron chi connectivity index (χ0n) is 12.6. The number of nitrogens with one attached hydrogen (secondary N) is 1. The van der Waals surface area contributed by atoms with Gasteiger partial charge in [-0.15, -0.1) is 0 Å². The third-order valence-corrected chi connectivity index (χ3v) is 5.10. The second-order valence-corrected chi connectivity index (χ2v) is 6.48. The molecule has 0 radical (unpaired) electrons. The maximum absolute atomic E-state index is 12.6. The molecule has 2 saturated heterocycles. The van der Waals surface area contributed by atoms with Gasteiger partial charge in [0.2, 0.25) is 5.91 Å². The fourth-order valence-corrected chi connectivity index (χ4v) is 3.75. The van der Waals surface area contributed by atoms with Gasteiger partial charge in [0.1, 0.15) is 0 Å². The van der Waals surface area contributed by atoms with Gasteiger partial charge in [0.05, 0.1) is 6.42 Å². The first-order chi connectivity index (χ1) is 9.56. The Morgan fingerprint density at radius 1 is 1.35 bits per heavy atom. The van der Waals surface area contributed by atoms with Crippen LogP contribution in [0.2, 0.25) is 0 Å². The quantitative estimate of drug-likeness (QED) is 0.892. The van der Waals surface area contributed by atoms with Gasteiger partial charge in [-0.25, -0.2) is 0 Å². The SMILES string of the molecule is Cc1ccc(C)c(CC(=O)N2CC3CNCC3C2C)c1. The Balaban J connectivity index is 1.72. The van der Waals surface area contributed by atoms with E-state index in [-0.39, 0.29) is 0 Å². The molecule has 2 aliphatic rings. The zero-order valence-corrected chi connectivity index (χ0v) is 12.6. The monoisotopic (exact) mass is 272 g/mol. The second-order valence-electron chi connectivity index (χ2n) is 6.48. The summed E-state index contributed by atoms with van der Waals surface area (Å²) >= 11 is 0. The Morgan fingerprint density at radius 3 is 2.90 bits per heavy atom. The molecule has 3 atom stereocenters. The maximum Gasteiger partial charge on any atom is 0.227 e. The molecule has 1 aromatic rings. The predicted octanol–water partition coefficient (Wildman–Crippen LogP) is 1.91. The summed E-state index contributed by atoms with van der Waals surface area (Å²) in [5.41, 5.74) is 3.63. The summed E-state index contributed by atoms with van der Waals surface area (Å²) in [6.07, 6.45) is 0.546. The molecule has 0 spiro atoms. The minimum Gasteiger partial charge on any atom is -0.339 e. The van der Waals surface area contributed by atoms with Crippen molar-refractivity contribution in [2.45, 2.75) is 33.2 Å². The first-order valence-corrected chi connectivity index (χ1v) is 7.62. The number of carbonyl (C=O) groups is 1. The molecule has 0 aliphatic carbocycles.